The van der Waals surface area contributed by atoms with Crippen molar-refractivity contribution in [1.82, 2.24) is 9.97 Å². The van der Waals surface area contributed by atoms with E-state index in [2.05, 4.69) is 9.88 Å². The SMILES string of the molecule is Cc1nc(N2CCCC2)nc2c1C(=O)C[C@@H](c1ccccc1O)C2. The van der Waals surface area contributed by atoms with Crippen LogP contribution in [0.1, 0.15) is 52.5 Å². The Morgan fingerprint density at radius 1 is 1.12 bits per heavy atom. The molecule has 4 rings (SSSR count). The van der Waals surface area contributed by atoms with Crippen LogP contribution in [0.3, 0.4) is 0 Å². The van der Waals surface area contributed by atoms with Gasteiger partial charge in [-0.1, -0.05) is 18.2 Å². The molecule has 1 saturated heterocycles. The lowest BCUT2D eigenvalue weighted by molar-refractivity contribution is 0.0961. The zero-order chi connectivity index (χ0) is 16.7. The fourth-order valence-electron chi connectivity index (χ4n) is 3.87. The molecular weight excluding hydrogens is 302 g/mol. The van der Waals surface area contributed by atoms with Crippen molar-refractivity contribution in [3.8, 4) is 5.75 Å². The van der Waals surface area contributed by atoms with E-state index in [-0.39, 0.29) is 17.5 Å². The third-order valence-corrected chi connectivity index (χ3v) is 5.07. The van der Waals surface area contributed by atoms with E-state index >= 15 is 0 Å². The molecule has 5 heteroatoms. The van der Waals surface area contributed by atoms with Gasteiger partial charge in [0.1, 0.15) is 5.75 Å². The number of ketones is 1. The number of hydrogen-bond acceptors (Lipinski definition) is 5. The predicted molar refractivity (Wildman–Crippen MR) is 91.7 cm³/mol. The molecule has 1 aromatic heterocycles. The first-order chi connectivity index (χ1) is 11.6. The number of rotatable bonds is 2. The molecule has 1 aliphatic heterocycles. The minimum Gasteiger partial charge on any atom is -0.508 e. The summed E-state index contributed by atoms with van der Waals surface area (Å²) in [4.78, 5) is 24.2. The Bertz CT molecular complexity index is 797. The van der Waals surface area contributed by atoms with Gasteiger partial charge >= 0.3 is 0 Å². The van der Waals surface area contributed by atoms with Crippen molar-refractivity contribution in [2.45, 2.75) is 38.5 Å². The van der Waals surface area contributed by atoms with Crippen LogP contribution in [0.4, 0.5) is 5.95 Å². The predicted octanol–water partition coefficient (Wildman–Crippen LogP) is 3.00. The molecule has 1 N–H and O–H groups in total. The van der Waals surface area contributed by atoms with Crippen LogP contribution in [-0.2, 0) is 6.42 Å². The average molecular weight is 323 g/mol. The number of fused-ring (bicyclic) bond motifs is 1. The maximum Gasteiger partial charge on any atom is 0.225 e. The number of carbonyl (C=O) groups is 1. The highest BCUT2D eigenvalue weighted by Gasteiger charge is 2.31. The molecule has 124 valence electrons. The van der Waals surface area contributed by atoms with E-state index in [1.807, 2.05) is 19.1 Å². The summed E-state index contributed by atoms with van der Waals surface area (Å²) in [6.07, 6.45) is 3.40. The van der Waals surface area contributed by atoms with E-state index in [4.69, 9.17) is 4.98 Å². The molecule has 2 aromatic rings. The lowest BCUT2D eigenvalue weighted by Gasteiger charge is -2.26. The van der Waals surface area contributed by atoms with Crippen LogP contribution in [-0.4, -0.2) is 33.9 Å². The van der Waals surface area contributed by atoms with Gasteiger partial charge in [-0.25, -0.2) is 9.97 Å². The first-order valence-electron chi connectivity index (χ1n) is 8.57. The van der Waals surface area contributed by atoms with Gasteiger partial charge in [0, 0.05) is 25.4 Å². The Morgan fingerprint density at radius 3 is 2.62 bits per heavy atom. The van der Waals surface area contributed by atoms with Crippen LogP contribution in [0.5, 0.6) is 5.75 Å². The Morgan fingerprint density at radius 2 is 1.88 bits per heavy atom. The van der Waals surface area contributed by atoms with Crippen LogP contribution in [0.15, 0.2) is 24.3 Å². The summed E-state index contributed by atoms with van der Waals surface area (Å²) in [5, 5.41) is 10.1. The van der Waals surface area contributed by atoms with Crippen molar-refractivity contribution < 1.29 is 9.90 Å². The van der Waals surface area contributed by atoms with Crippen LogP contribution >= 0.6 is 0 Å². The third-order valence-electron chi connectivity index (χ3n) is 5.07. The van der Waals surface area contributed by atoms with Gasteiger partial charge < -0.3 is 10.0 Å². The van der Waals surface area contributed by atoms with Crippen LogP contribution < -0.4 is 4.90 Å². The largest absolute Gasteiger partial charge is 0.508 e. The van der Waals surface area contributed by atoms with Crippen molar-refractivity contribution in [3.05, 3.63) is 46.8 Å². The number of carbonyl (C=O) groups excluding carboxylic acids is 1. The fraction of sp³-hybridized carbons (Fsp3) is 0.421. The summed E-state index contributed by atoms with van der Waals surface area (Å²) in [6.45, 7) is 3.86. The van der Waals surface area contributed by atoms with Gasteiger partial charge in [0.25, 0.3) is 0 Å². The number of benzene rings is 1. The molecule has 5 nitrogen and oxygen atoms in total. The maximum absolute atomic E-state index is 12.7. The Hall–Kier alpha value is -2.43. The van der Waals surface area contributed by atoms with Crippen molar-refractivity contribution >= 4 is 11.7 Å². The molecule has 24 heavy (non-hydrogen) atoms. The molecule has 1 aromatic carbocycles. The van der Waals surface area contributed by atoms with Crippen molar-refractivity contribution in [1.29, 1.82) is 0 Å². The monoisotopic (exact) mass is 323 g/mol. The van der Waals surface area contributed by atoms with Gasteiger partial charge in [-0.15, -0.1) is 0 Å². The van der Waals surface area contributed by atoms with Crippen molar-refractivity contribution in [2.24, 2.45) is 0 Å². The van der Waals surface area contributed by atoms with Gasteiger partial charge in [0.05, 0.1) is 17.0 Å². The van der Waals surface area contributed by atoms with Gasteiger partial charge in [-0.3, -0.25) is 4.79 Å². The first-order valence-corrected chi connectivity index (χ1v) is 8.57. The second-order valence-electron chi connectivity index (χ2n) is 6.71. The summed E-state index contributed by atoms with van der Waals surface area (Å²) in [7, 11) is 0. The maximum atomic E-state index is 12.7. The van der Waals surface area contributed by atoms with Crippen molar-refractivity contribution in [2.75, 3.05) is 18.0 Å². The summed E-state index contributed by atoms with van der Waals surface area (Å²) in [6, 6.07) is 7.27. The van der Waals surface area contributed by atoms with E-state index in [1.165, 1.54) is 12.8 Å². The number of anilines is 1. The fourth-order valence-corrected chi connectivity index (χ4v) is 3.87. The van der Waals surface area contributed by atoms with E-state index < -0.39 is 0 Å². The van der Waals surface area contributed by atoms with E-state index in [0.717, 1.165) is 36.0 Å². The van der Waals surface area contributed by atoms with Gasteiger partial charge in [0.15, 0.2) is 5.78 Å². The van der Waals surface area contributed by atoms with E-state index in [9.17, 15) is 9.90 Å². The summed E-state index contributed by atoms with van der Waals surface area (Å²) < 4.78 is 0. The Kier molecular flexibility index (Phi) is 3.71. The second-order valence-corrected chi connectivity index (χ2v) is 6.71. The van der Waals surface area contributed by atoms with E-state index in [0.29, 0.717) is 18.4 Å². The molecular formula is C19H21N3O2. The number of Topliss-reactive ketones (excluding diaryl/α,β-unsaturated/α-hetero) is 1. The van der Waals surface area contributed by atoms with Crippen LogP contribution in [0.25, 0.3) is 0 Å². The summed E-state index contributed by atoms with van der Waals surface area (Å²) >= 11 is 0. The molecule has 0 amide bonds. The molecule has 0 saturated carbocycles. The molecule has 1 fully saturated rings. The topological polar surface area (TPSA) is 66.3 Å². The summed E-state index contributed by atoms with van der Waals surface area (Å²) in [5.41, 5.74) is 3.12. The highest BCUT2D eigenvalue weighted by Crippen LogP contribution is 2.37. The lowest BCUT2D eigenvalue weighted by Crippen LogP contribution is -2.26. The number of nitrogens with zero attached hydrogens (tertiary/aromatic N) is 3. The second kappa shape index (κ2) is 5.89. The zero-order valence-electron chi connectivity index (χ0n) is 13.8. The molecule has 1 aliphatic carbocycles. The third kappa shape index (κ3) is 2.54. The first kappa shape index (κ1) is 15.1. The van der Waals surface area contributed by atoms with Crippen LogP contribution in [0.2, 0.25) is 0 Å². The minimum absolute atomic E-state index is 0.0214. The molecule has 0 radical (unpaired) electrons. The number of hydrogen-bond donors (Lipinski definition) is 1. The number of phenols is 1. The standard InChI is InChI=1S/C19H21N3O2/c1-12-18-15(21-19(20-12)22-8-4-5-9-22)10-13(11-17(18)24)14-6-2-3-7-16(14)23/h2-3,6-7,13,23H,4-5,8-11H2,1H3/t13-/m0/s1. The molecule has 0 bridgehead atoms. The number of aryl methyl sites for hydroxylation is 1. The Labute approximate surface area is 141 Å². The summed E-state index contributed by atoms with van der Waals surface area (Å²) in [5.74, 6) is 1.06. The number of para-hydroxylation sites is 1. The Balaban J connectivity index is 1.73. The van der Waals surface area contributed by atoms with Crippen LogP contribution in [0, 0.1) is 6.92 Å². The van der Waals surface area contributed by atoms with Crippen molar-refractivity contribution in [3.63, 3.8) is 0 Å². The number of aromatic nitrogens is 2. The van der Waals surface area contributed by atoms with Gasteiger partial charge in [-0.05, 0) is 37.8 Å². The lowest BCUT2D eigenvalue weighted by atomic mass is 9.81. The highest BCUT2D eigenvalue weighted by atomic mass is 16.3. The molecule has 2 aliphatic rings. The molecule has 0 spiro atoms. The molecule has 1 atom stereocenters. The normalized spacial score (nSPS) is 20.3. The van der Waals surface area contributed by atoms with Gasteiger partial charge in [0.2, 0.25) is 5.95 Å². The van der Waals surface area contributed by atoms with E-state index in [1.54, 1.807) is 12.1 Å². The quantitative estimate of drug-likeness (QED) is 0.920. The number of phenolic OH excluding ortho intramolecular Hbond substituents is 1. The minimum atomic E-state index is -0.0214. The highest BCUT2D eigenvalue weighted by molar-refractivity contribution is 5.99. The smallest absolute Gasteiger partial charge is 0.225 e. The average Bonchev–Trinajstić information content (AvgIpc) is 3.09. The zero-order valence-corrected chi connectivity index (χ0v) is 13.8. The molecule has 0 unspecified atom stereocenters. The molecule has 2 heterocycles. The number of aromatic hydroxyl groups is 1. The van der Waals surface area contributed by atoms with Gasteiger partial charge in [-0.2, -0.15) is 0 Å².